The van der Waals surface area contributed by atoms with Crippen LogP contribution in [0.5, 0.6) is 0 Å². The molecule has 0 saturated carbocycles. The molecule has 2 rings (SSSR count). The van der Waals surface area contributed by atoms with Gasteiger partial charge in [0.05, 0.1) is 0 Å². The number of amides is 1. The third-order valence-electron chi connectivity index (χ3n) is 2.24. The van der Waals surface area contributed by atoms with Crippen molar-refractivity contribution in [1.82, 2.24) is 15.2 Å². The molecule has 88 valence electrons. The highest BCUT2D eigenvalue weighted by Gasteiger charge is 2.12. The number of benzene rings is 1. The summed E-state index contributed by atoms with van der Waals surface area (Å²) in [6, 6.07) is 5.81. The number of aromatic amines is 1. The lowest BCUT2D eigenvalue weighted by Gasteiger charge is -2.06. The highest BCUT2D eigenvalue weighted by Crippen LogP contribution is 2.18. The van der Waals surface area contributed by atoms with Gasteiger partial charge in [-0.3, -0.25) is 9.89 Å². The van der Waals surface area contributed by atoms with Crippen LogP contribution in [0.1, 0.15) is 22.0 Å². The molecule has 1 heterocycles. The standard InChI is InChI=1S/C11H11IN4O/c1-6-5-8(12)3-4-9(6)14-11(17)10-13-7(2)15-16-10/h3-5H,1-2H3,(H,14,17)(H,13,15,16). The van der Waals surface area contributed by atoms with Gasteiger partial charge in [-0.05, 0) is 60.2 Å². The van der Waals surface area contributed by atoms with Crippen molar-refractivity contribution in [3.63, 3.8) is 0 Å². The molecule has 0 unspecified atom stereocenters. The molecule has 0 bridgehead atoms. The Morgan fingerprint density at radius 1 is 1.41 bits per heavy atom. The monoisotopic (exact) mass is 342 g/mol. The smallest absolute Gasteiger partial charge is 0.295 e. The van der Waals surface area contributed by atoms with Crippen LogP contribution in [0.15, 0.2) is 18.2 Å². The molecule has 0 aliphatic rings. The Morgan fingerprint density at radius 3 is 2.76 bits per heavy atom. The fourth-order valence-corrected chi connectivity index (χ4v) is 2.04. The van der Waals surface area contributed by atoms with Crippen molar-refractivity contribution in [1.29, 1.82) is 0 Å². The Balaban J connectivity index is 2.18. The van der Waals surface area contributed by atoms with E-state index in [-0.39, 0.29) is 11.7 Å². The molecule has 0 saturated heterocycles. The van der Waals surface area contributed by atoms with Gasteiger partial charge in [0.15, 0.2) is 0 Å². The van der Waals surface area contributed by atoms with Crippen LogP contribution in [0, 0.1) is 17.4 Å². The van der Waals surface area contributed by atoms with Gasteiger partial charge < -0.3 is 5.32 Å². The number of nitrogens with zero attached hydrogens (tertiary/aromatic N) is 2. The number of hydrogen-bond donors (Lipinski definition) is 2. The lowest BCUT2D eigenvalue weighted by atomic mass is 10.2. The first-order valence-corrected chi connectivity index (χ1v) is 6.10. The van der Waals surface area contributed by atoms with E-state index in [0.717, 1.165) is 14.8 Å². The number of nitrogens with one attached hydrogen (secondary N) is 2. The van der Waals surface area contributed by atoms with Gasteiger partial charge in [0, 0.05) is 9.26 Å². The lowest BCUT2D eigenvalue weighted by Crippen LogP contribution is -2.14. The molecule has 5 nitrogen and oxygen atoms in total. The van der Waals surface area contributed by atoms with Crippen molar-refractivity contribution >= 4 is 34.2 Å². The van der Waals surface area contributed by atoms with Crippen LogP contribution < -0.4 is 5.32 Å². The Bertz CT molecular complexity index is 564. The summed E-state index contributed by atoms with van der Waals surface area (Å²) in [5.74, 6) is 0.466. The molecule has 0 radical (unpaired) electrons. The van der Waals surface area contributed by atoms with E-state index in [2.05, 4.69) is 43.1 Å². The van der Waals surface area contributed by atoms with E-state index >= 15 is 0 Å². The molecule has 17 heavy (non-hydrogen) atoms. The zero-order chi connectivity index (χ0) is 12.4. The molecule has 1 amide bonds. The van der Waals surface area contributed by atoms with Gasteiger partial charge in [-0.2, -0.15) is 0 Å². The number of aromatic nitrogens is 3. The summed E-state index contributed by atoms with van der Waals surface area (Å²) in [7, 11) is 0. The normalized spacial score (nSPS) is 10.3. The maximum absolute atomic E-state index is 11.8. The predicted octanol–water partition coefficient (Wildman–Crippen LogP) is 2.28. The summed E-state index contributed by atoms with van der Waals surface area (Å²) in [6.07, 6.45) is 0. The van der Waals surface area contributed by atoms with Gasteiger partial charge in [-0.1, -0.05) is 0 Å². The molecule has 0 fully saturated rings. The molecular weight excluding hydrogens is 331 g/mol. The second kappa shape index (κ2) is 4.82. The third-order valence-corrected chi connectivity index (χ3v) is 2.91. The van der Waals surface area contributed by atoms with Crippen molar-refractivity contribution in [3.8, 4) is 0 Å². The highest BCUT2D eigenvalue weighted by molar-refractivity contribution is 14.1. The van der Waals surface area contributed by atoms with Gasteiger partial charge in [0.2, 0.25) is 5.82 Å². The number of halogens is 1. The van der Waals surface area contributed by atoms with Crippen molar-refractivity contribution in [2.45, 2.75) is 13.8 Å². The number of aryl methyl sites for hydroxylation is 2. The minimum absolute atomic E-state index is 0.153. The maximum atomic E-state index is 11.8. The van der Waals surface area contributed by atoms with Gasteiger partial charge in [0.1, 0.15) is 5.82 Å². The Hall–Kier alpha value is -1.44. The molecule has 0 spiro atoms. The second-order valence-corrected chi connectivity index (χ2v) is 4.90. The van der Waals surface area contributed by atoms with Crippen LogP contribution in [0.4, 0.5) is 5.69 Å². The first-order valence-electron chi connectivity index (χ1n) is 5.03. The molecule has 0 aliphatic heterocycles. The quantitative estimate of drug-likeness (QED) is 0.823. The second-order valence-electron chi connectivity index (χ2n) is 3.66. The number of carbonyl (C=O) groups is 1. The maximum Gasteiger partial charge on any atom is 0.295 e. The Labute approximate surface area is 112 Å². The fraction of sp³-hybridized carbons (Fsp3) is 0.182. The highest BCUT2D eigenvalue weighted by atomic mass is 127. The van der Waals surface area contributed by atoms with Crippen molar-refractivity contribution in [2.75, 3.05) is 5.32 Å². The molecule has 6 heteroatoms. The SMILES string of the molecule is Cc1nc(C(=O)Nc2ccc(I)cc2C)n[nH]1. The topological polar surface area (TPSA) is 70.7 Å². The van der Waals surface area contributed by atoms with E-state index in [1.54, 1.807) is 6.92 Å². The number of rotatable bonds is 2. The average Bonchev–Trinajstić information content (AvgIpc) is 2.69. The van der Waals surface area contributed by atoms with Crippen LogP contribution in [0.2, 0.25) is 0 Å². The van der Waals surface area contributed by atoms with E-state index in [1.807, 2.05) is 25.1 Å². The van der Waals surface area contributed by atoms with Gasteiger partial charge >= 0.3 is 0 Å². The van der Waals surface area contributed by atoms with E-state index in [0.29, 0.717) is 5.82 Å². The number of H-pyrrole nitrogens is 1. The third kappa shape index (κ3) is 2.82. The van der Waals surface area contributed by atoms with E-state index in [4.69, 9.17) is 0 Å². The van der Waals surface area contributed by atoms with Crippen LogP contribution in [0.3, 0.4) is 0 Å². The summed E-state index contributed by atoms with van der Waals surface area (Å²) in [4.78, 5) is 15.8. The molecule has 0 atom stereocenters. The van der Waals surface area contributed by atoms with Crippen LogP contribution in [0.25, 0.3) is 0 Å². The zero-order valence-corrected chi connectivity index (χ0v) is 11.6. The minimum atomic E-state index is -0.307. The lowest BCUT2D eigenvalue weighted by molar-refractivity contribution is 0.101. The molecule has 2 N–H and O–H groups in total. The summed E-state index contributed by atoms with van der Waals surface area (Å²) >= 11 is 2.23. The van der Waals surface area contributed by atoms with Gasteiger partial charge in [-0.15, -0.1) is 5.10 Å². The summed E-state index contributed by atoms with van der Waals surface area (Å²) < 4.78 is 1.13. The first-order chi connectivity index (χ1) is 8.06. The molecular formula is C11H11IN4O. The van der Waals surface area contributed by atoms with Gasteiger partial charge in [-0.25, -0.2) is 4.98 Å². The average molecular weight is 342 g/mol. The van der Waals surface area contributed by atoms with E-state index < -0.39 is 0 Å². The first kappa shape index (κ1) is 12.0. The summed E-state index contributed by atoms with van der Waals surface area (Å²) in [6.45, 7) is 3.70. The molecule has 1 aromatic heterocycles. The molecule has 0 aliphatic carbocycles. The fourth-order valence-electron chi connectivity index (χ4n) is 1.39. The molecule has 1 aromatic carbocycles. The number of hydrogen-bond acceptors (Lipinski definition) is 3. The van der Waals surface area contributed by atoms with Crippen LogP contribution >= 0.6 is 22.6 Å². The summed E-state index contributed by atoms with van der Waals surface area (Å²) in [5.41, 5.74) is 1.79. The van der Waals surface area contributed by atoms with Crippen molar-refractivity contribution in [3.05, 3.63) is 39.0 Å². The van der Waals surface area contributed by atoms with Crippen LogP contribution in [-0.4, -0.2) is 21.1 Å². The number of carbonyl (C=O) groups excluding carboxylic acids is 1. The van der Waals surface area contributed by atoms with Gasteiger partial charge in [0.25, 0.3) is 5.91 Å². The Kier molecular flexibility index (Phi) is 3.41. The predicted molar refractivity (Wildman–Crippen MR) is 73.0 cm³/mol. The largest absolute Gasteiger partial charge is 0.319 e. The molecule has 2 aromatic rings. The van der Waals surface area contributed by atoms with Crippen LogP contribution in [-0.2, 0) is 0 Å². The van der Waals surface area contributed by atoms with Crippen molar-refractivity contribution < 1.29 is 4.79 Å². The number of anilines is 1. The zero-order valence-electron chi connectivity index (χ0n) is 9.41. The van der Waals surface area contributed by atoms with E-state index in [9.17, 15) is 4.79 Å². The Morgan fingerprint density at radius 2 is 2.18 bits per heavy atom. The van der Waals surface area contributed by atoms with E-state index in [1.165, 1.54) is 0 Å². The van der Waals surface area contributed by atoms with Crippen molar-refractivity contribution in [2.24, 2.45) is 0 Å². The summed E-state index contributed by atoms with van der Waals surface area (Å²) in [5, 5.41) is 9.23. The minimum Gasteiger partial charge on any atom is -0.319 e.